The molecule has 2 aliphatic heterocycles. The number of ether oxygens (including phenoxy) is 1. The number of morpholine rings is 1. The van der Waals surface area contributed by atoms with Gasteiger partial charge in [0.05, 0.1) is 19.8 Å². The van der Waals surface area contributed by atoms with E-state index in [-0.39, 0.29) is 11.5 Å². The van der Waals surface area contributed by atoms with Gasteiger partial charge in [0.2, 0.25) is 5.91 Å². The van der Waals surface area contributed by atoms with Crippen LogP contribution in [0.1, 0.15) is 12.6 Å². The van der Waals surface area contributed by atoms with E-state index in [1.165, 1.54) is 6.07 Å². The molecule has 1 N–H and O–H groups in total. The Hall–Kier alpha value is -2.78. The molecule has 160 valence electrons. The molecule has 9 heteroatoms. The number of anilines is 1. The van der Waals surface area contributed by atoms with Crippen LogP contribution in [0, 0.1) is 0 Å². The Labute approximate surface area is 175 Å². The van der Waals surface area contributed by atoms with Gasteiger partial charge < -0.3 is 19.5 Å². The fourth-order valence-electron chi connectivity index (χ4n) is 3.78. The lowest BCUT2D eigenvalue weighted by molar-refractivity contribution is -0.136. The van der Waals surface area contributed by atoms with Gasteiger partial charge in [0.25, 0.3) is 5.56 Å². The van der Waals surface area contributed by atoms with Gasteiger partial charge >= 0.3 is 0 Å². The highest BCUT2D eigenvalue weighted by atomic mass is 16.5. The number of nitrogens with zero attached hydrogens (tertiary/aromatic N) is 5. The van der Waals surface area contributed by atoms with Gasteiger partial charge in [0.1, 0.15) is 11.6 Å². The van der Waals surface area contributed by atoms with E-state index in [4.69, 9.17) is 4.74 Å². The van der Waals surface area contributed by atoms with Crippen molar-refractivity contribution in [1.82, 2.24) is 24.8 Å². The molecule has 0 unspecified atom stereocenters. The predicted octanol–water partition coefficient (Wildman–Crippen LogP) is 0.375. The molecule has 4 rings (SSSR count). The molecule has 1 amide bonds. The van der Waals surface area contributed by atoms with E-state index in [0.29, 0.717) is 45.1 Å². The van der Waals surface area contributed by atoms with Crippen molar-refractivity contribution < 1.29 is 9.53 Å². The summed E-state index contributed by atoms with van der Waals surface area (Å²) in [6.45, 7) is 8.38. The largest absolute Gasteiger partial charge is 0.378 e. The summed E-state index contributed by atoms with van der Waals surface area (Å²) in [5, 5.41) is 0. The molecule has 0 aromatic carbocycles. The molecular formula is C21H28N6O3. The highest BCUT2D eigenvalue weighted by Crippen LogP contribution is 2.19. The summed E-state index contributed by atoms with van der Waals surface area (Å²) in [4.78, 5) is 42.4. The number of nitrogens with one attached hydrogen (secondary N) is 1. The molecule has 2 aromatic heterocycles. The van der Waals surface area contributed by atoms with Gasteiger partial charge in [-0.2, -0.15) is 0 Å². The topological polar surface area (TPSA) is 94.7 Å². The molecule has 30 heavy (non-hydrogen) atoms. The van der Waals surface area contributed by atoms with Crippen molar-refractivity contribution in [3.63, 3.8) is 0 Å². The number of H-pyrrole nitrogens is 1. The number of aryl methyl sites for hydroxylation is 1. The van der Waals surface area contributed by atoms with Crippen molar-refractivity contribution in [1.29, 1.82) is 0 Å². The van der Waals surface area contributed by atoms with E-state index in [2.05, 4.69) is 24.8 Å². The van der Waals surface area contributed by atoms with Crippen LogP contribution >= 0.6 is 0 Å². The van der Waals surface area contributed by atoms with Crippen LogP contribution in [0.25, 0.3) is 11.4 Å². The second-order valence-corrected chi connectivity index (χ2v) is 7.60. The maximum absolute atomic E-state index is 12.4. The van der Waals surface area contributed by atoms with Crippen LogP contribution < -0.4 is 10.5 Å². The lowest BCUT2D eigenvalue weighted by Gasteiger charge is -2.36. The van der Waals surface area contributed by atoms with Crippen molar-refractivity contribution >= 4 is 11.7 Å². The van der Waals surface area contributed by atoms with Gasteiger partial charge in [0.15, 0.2) is 0 Å². The monoisotopic (exact) mass is 412 g/mol. The quantitative estimate of drug-likeness (QED) is 0.758. The summed E-state index contributed by atoms with van der Waals surface area (Å²) in [5.41, 5.74) is 1.41. The number of piperazine rings is 1. The predicted molar refractivity (Wildman–Crippen MR) is 114 cm³/mol. The fourth-order valence-corrected chi connectivity index (χ4v) is 3.78. The highest BCUT2D eigenvalue weighted by molar-refractivity contribution is 5.78. The summed E-state index contributed by atoms with van der Waals surface area (Å²) in [6, 6.07) is 5.42. The second-order valence-electron chi connectivity index (χ2n) is 7.60. The minimum atomic E-state index is -0.149. The Bertz CT molecular complexity index is 915. The number of pyridine rings is 1. The van der Waals surface area contributed by atoms with Crippen LogP contribution in [0.15, 0.2) is 29.2 Å². The zero-order valence-corrected chi connectivity index (χ0v) is 17.3. The summed E-state index contributed by atoms with van der Waals surface area (Å²) in [5.74, 6) is 1.63. The number of carbonyl (C=O) groups excluding carboxylic acids is 1. The van der Waals surface area contributed by atoms with Crippen LogP contribution in [0.2, 0.25) is 0 Å². The van der Waals surface area contributed by atoms with Gasteiger partial charge in [-0.05, 0) is 18.6 Å². The van der Waals surface area contributed by atoms with E-state index in [1.54, 1.807) is 6.20 Å². The lowest BCUT2D eigenvalue weighted by Crippen LogP contribution is -2.51. The summed E-state index contributed by atoms with van der Waals surface area (Å²) in [6.07, 6.45) is 2.46. The first-order valence-corrected chi connectivity index (χ1v) is 10.5. The van der Waals surface area contributed by atoms with Crippen molar-refractivity contribution in [2.24, 2.45) is 0 Å². The Balaban J connectivity index is 1.33. The molecule has 0 saturated carbocycles. The van der Waals surface area contributed by atoms with Crippen molar-refractivity contribution in [3.05, 3.63) is 40.4 Å². The molecule has 0 bridgehead atoms. The van der Waals surface area contributed by atoms with Crippen LogP contribution in [0.4, 0.5) is 5.82 Å². The summed E-state index contributed by atoms with van der Waals surface area (Å²) >= 11 is 0. The van der Waals surface area contributed by atoms with Crippen LogP contribution in [0.5, 0.6) is 0 Å². The number of hydrogen-bond donors (Lipinski definition) is 1. The molecule has 9 nitrogen and oxygen atoms in total. The number of aromatic amines is 1. The van der Waals surface area contributed by atoms with Gasteiger partial charge in [-0.25, -0.2) is 9.97 Å². The molecule has 0 aliphatic carbocycles. The SMILES string of the molecule is CCc1cc(=O)[nH]c(-c2ccc(N3CCN(CC(=O)N4CCOCC4)CC3)nc2)n1. The Morgan fingerprint density at radius 1 is 1.13 bits per heavy atom. The van der Waals surface area contributed by atoms with Gasteiger partial charge in [-0.15, -0.1) is 0 Å². The highest BCUT2D eigenvalue weighted by Gasteiger charge is 2.23. The Morgan fingerprint density at radius 3 is 2.57 bits per heavy atom. The average Bonchev–Trinajstić information content (AvgIpc) is 2.80. The molecular weight excluding hydrogens is 384 g/mol. The first-order chi connectivity index (χ1) is 14.6. The van der Waals surface area contributed by atoms with Crippen molar-refractivity contribution in [2.45, 2.75) is 13.3 Å². The van der Waals surface area contributed by atoms with Crippen molar-refractivity contribution in [2.75, 3.05) is 63.9 Å². The molecule has 2 saturated heterocycles. The number of hydrogen-bond acceptors (Lipinski definition) is 7. The lowest BCUT2D eigenvalue weighted by atomic mass is 10.2. The maximum Gasteiger partial charge on any atom is 0.251 e. The van der Waals surface area contributed by atoms with Gasteiger partial charge in [0, 0.05) is 62.8 Å². The second kappa shape index (κ2) is 9.36. The minimum absolute atomic E-state index is 0.149. The Kier molecular flexibility index (Phi) is 6.39. The summed E-state index contributed by atoms with van der Waals surface area (Å²) in [7, 11) is 0. The van der Waals surface area contributed by atoms with E-state index < -0.39 is 0 Å². The van der Waals surface area contributed by atoms with E-state index in [9.17, 15) is 9.59 Å². The zero-order chi connectivity index (χ0) is 20.9. The standard InChI is InChI=1S/C21H28N6O3/c1-2-17-13-19(28)24-21(23-17)16-3-4-18(22-14-16)26-7-5-25(6-8-26)15-20(29)27-9-11-30-12-10-27/h3-4,13-14H,2,5-12,15H2,1H3,(H,23,24,28). The van der Waals surface area contributed by atoms with E-state index >= 15 is 0 Å². The normalized spacial score (nSPS) is 17.9. The third kappa shape index (κ3) is 4.85. The molecule has 4 heterocycles. The fraction of sp³-hybridized carbons (Fsp3) is 0.524. The molecule has 2 aromatic rings. The molecule has 2 fully saturated rings. The third-order valence-electron chi connectivity index (χ3n) is 5.60. The average molecular weight is 412 g/mol. The first-order valence-electron chi connectivity index (χ1n) is 10.5. The van der Waals surface area contributed by atoms with Crippen LogP contribution in [-0.2, 0) is 16.0 Å². The summed E-state index contributed by atoms with van der Waals surface area (Å²) < 4.78 is 5.31. The minimum Gasteiger partial charge on any atom is -0.378 e. The van der Waals surface area contributed by atoms with E-state index in [1.807, 2.05) is 24.0 Å². The molecule has 0 spiro atoms. The van der Waals surface area contributed by atoms with Crippen LogP contribution in [-0.4, -0.2) is 89.7 Å². The number of carbonyl (C=O) groups is 1. The van der Waals surface area contributed by atoms with Gasteiger partial charge in [-0.3, -0.25) is 14.5 Å². The molecule has 0 atom stereocenters. The molecule has 2 aliphatic rings. The van der Waals surface area contributed by atoms with Crippen LogP contribution in [0.3, 0.4) is 0 Å². The smallest absolute Gasteiger partial charge is 0.251 e. The zero-order valence-electron chi connectivity index (χ0n) is 17.3. The Morgan fingerprint density at radius 2 is 1.90 bits per heavy atom. The maximum atomic E-state index is 12.4. The first kappa shape index (κ1) is 20.5. The number of amides is 1. The van der Waals surface area contributed by atoms with E-state index in [0.717, 1.165) is 43.3 Å². The molecule has 0 radical (unpaired) electrons. The van der Waals surface area contributed by atoms with Gasteiger partial charge in [-0.1, -0.05) is 6.92 Å². The van der Waals surface area contributed by atoms with Crippen molar-refractivity contribution in [3.8, 4) is 11.4 Å². The number of aromatic nitrogens is 3. The third-order valence-corrected chi connectivity index (χ3v) is 5.60. The number of rotatable bonds is 5.